The highest BCUT2D eigenvalue weighted by molar-refractivity contribution is 5.52. The Morgan fingerprint density at radius 1 is 0.964 bits per heavy atom. The fourth-order valence-electron chi connectivity index (χ4n) is 4.66. The van der Waals surface area contributed by atoms with E-state index in [4.69, 9.17) is 4.74 Å². The average Bonchev–Trinajstić information content (AvgIpc) is 3.00. The lowest BCUT2D eigenvalue weighted by atomic mass is 10.0. The van der Waals surface area contributed by atoms with E-state index in [1.807, 2.05) is 18.5 Å². The van der Waals surface area contributed by atoms with Gasteiger partial charge < -0.3 is 14.5 Å². The van der Waals surface area contributed by atoms with E-state index in [1.54, 1.807) is 7.11 Å². The van der Waals surface area contributed by atoms with E-state index in [2.05, 4.69) is 50.9 Å². The molecular weight excluding hydrogens is 348 g/mol. The molecule has 28 heavy (non-hydrogen) atoms. The first kappa shape index (κ1) is 19.1. The van der Waals surface area contributed by atoms with Gasteiger partial charge in [-0.15, -0.1) is 0 Å². The van der Waals surface area contributed by atoms with Crippen LogP contribution >= 0.6 is 0 Å². The van der Waals surface area contributed by atoms with Crippen molar-refractivity contribution in [3.63, 3.8) is 0 Å². The molecule has 0 aliphatic carbocycles. The van der Waals surface area contributed by atoms with Crippen molar-refractivity contribution in [3.05, 3.63) is 48.3 Å². The molecule has 2 saturated heterocycles. The first-order valence-electron chi connectivity index (χ1n) is 10.5. The molecule has 0 amide bonds. The number of nitrogens with zero attached hydrogens (tertiary/aromatic N) is 4. The Hall–Kier alpha value is -2.27. The number of rotatable bonds is 4. The normalized spacial score (nSPS) is 19.5. The highest BCUT2D eigenvalue weighted by Gasteiger charge is 2.26. The van der Waals surface area contributed by atoms with Crippen LogP contribution in [-0.2, 0) is 0 Å². The molecule has 0 bridgehead atoms. The highest BCUT2D eigenvalue weighted by Crippen LogP contribution is 2.27. The van der Waals surface area contributed by atoms with Crippen LogP contribution in [0.2, 0.25) is 0 Å². The van der Waals surface area contributed by atoms with Crippen LogP contribution in [0.5, 0.6) is 5.75 Å². The fourth-order valence-corrected chi connectivity index (χ4v) is 4.66. The number of aryl methyl sites for hydroxylation is 1. The zero-order valence-electron chi connectivity index (χ0n) is 17.2. The number of benzene rings is 1. The maximum Gasteiger partial charge on any atom is 0.120 e. The lowest BCUT2D eigenvalue weighted by Gasteiger charge is -2.39. The first-order chi connectivity index (χ1) is 13.7. The predicted octanol–water partition coefficient (Wildman–Crippen LogP) is 3.58. The summed E-state index contributed by atoms with van der Waals surface area (Å²) in [4.78, 5) is 12.0. The van der Waals surface area contributed by atoms with E-state index in [0.717, 1.165) is 38.5 Å². The summed E-state index contributed by atoms with van der Waals surface area (Å²) >= 11 is 0. The molecule has 3 heterocycles. The molecule has 1 aromatic carbocycles. The van der Waals surface area contributed by atoms with E-state index in [1.165, 1.54) is 42.7 Å². The third kappa shape index (κ3) is 4.25. The Balaban J connectivity index is 1.33. The minimum Gasteiger partial charge on any atom is -0.497 e. The zero-order valence-corrected chi connectivity index (χ0v) is 17.2. The molecule has 0 radical (unpaired) electrons. The van der Waals surface area contributed by atoms with Gasteiger partial charge in [-0.2, -0.15) is 0 Å². The Bertz CT molecular complexity index is 773. The summed E-state index contributed by atoms with van der Waals surface area (Å²) < 4.78 is 5.39. The van der Waals surface area contributed by atoms with Gasteiger partial charge in [-0.1, -0.05) is 6.07 Å². The van der Waals surface area contributed by atoms with E-state index < -0.39 is 0 Å². The Kier molecular flexibility index (Phi) is 6.01. The molecule has 150 valence electrons. The topological polar surface area (TPSA) is 31.8 Å². The number of methoxy groups -OCH3 is 1. The molecule has 4 rings (SSSR count). The summed E-state index contributed by atoms with van der Waals surface area (Å²) in [6, 6.07) is 11.3. The van der Waals surface area contributed by atoms with E-state index in [-0.39, 0.29) is 0 Å². The Morgan fingerprint density at radius 3 is 2.61 bits per heavy atom. The van der Waals surface area contributed by atoms with Crippen LogP contribution in [0.15, 0.2) is 42.7 Å². The van der Waals surface area contributed by atoms with Crippen molar-refractivity contribution in [3.8, 4) is 5.75 Å². The molecule has 0 N–H and O–H groups in total. The van der Waals surface area contributed by atoms with Crippen molar-refractivity contribution in [2.75, 3.05) is 56.2 Å². The molecule has 5 heteroatoms. The summed E-state index contributed by atoms with van der Waals surface area (Å²) in [5.41, 5.74) is 3.92. The van der Waals surface area contributed by atoms with Crippen molar-refractivity contribution in [1.82, 2.24) is 9.88 Å². The zero-order chi connectivity index (χ0) is 19.3. The average molecular weight is 381 g/mol. The van der Waals surface area contributed by atoms with Crippen LogP contribution in [0, 0.1) is 6.92 Å². The van der Waals surface area contributed by atoms with Gasteiger partial charge in [0.1, 0.15) is 5.75 Å². The van der Waals surface area contributed by atoms with Gasteiger partial charge in [0.25, 0.3) is 0 Å². The van der Waals surface area contributed by atoms with Gasteiger partial charge in [-0.25, -0.2) is 0 Å². The number of pyridine rings is 1. The Labute approximate surface area is 168 Å². The second-order valence-electron chi connectivity index (χ2n) is 7.96. The largest absolute Gasteiger partial charge is 0.497 e. The molecule has 2 aromatic rings. The SMILES string of the molecule is COc1cccc(N2CCC(N3CCCN(c4ccncc4C)CC3)CC2)c1. The predicted molar refractivity (Wildman–Crippen MR) is 116 cm³/mol. The number of anilines is 2. The van der Waals surface area contributed by atoms with Crippen molar-refractivity contribution in [2.24, 2.45) is 0 Å². The second kappa shape index (κ2) is 8.82. The lowest BCUT2D eigenvalue weighted by Crippen LogP contribution is -2.46. The summed E-state index contributed by atoms with van der Waals surface area (Å²) in [6.07, 6.45) is 7.61. The van der Waals surface area contributed by atoms with Crippen LogP contribution in [0.25, 0.3) is 0 Å². The Morgan fingerprint density at radius 2 is 1.82 bits per heavy atom. The van der Waals surface area contributed by atoms with E-state index in [9.17, 15) is 0 Å². The second-order valence-corrected chi connectivity index (χ2v) is 7.96. The molecule has 2 aliphatic rings. The van der Waals surface area contributed by atoms with Gasteiger partial charge in [0.15, 0.2) is 0 Å². The molecule has 0 saturated carbocycles. The fraction of sp³-hybridized carbons (Fsp3) is 0.522. The summed E-state index contributed by atoms with van der Waals surface area (Å²) in [5, 5.41) is 0. The van der Waals surface area contributed by atoms with Crippen LogP contribution in [0.4, 0.5) is 11.4 Å². The van der Waals surface area contributed by atoms with Crippen LogP contribution in [0.1, 0.15) is 24.8 Å². The van der Waals surface area contributed by atoms with Crippen molar-refractivity contribution in [2.45, 2.75) is 32.2 Å². The minimum absolute atomic E-state index is 0.709. The molecule has 0 atom stereocenters. The first-order valence-corrected chi connectivity index (χ1v) is 10.5. The quantitative estimate of drug-likeness (QED) is 0.809. The van der Waals surface area contributed by atoms with Crippen LogP contribution < -0.4 is 14.5 Å². The molecule has 2 fully saturated rings. The smallest absolute Gasteiger partial charge is 0.120 e. The van der Waals surface area contributed by atoms with Crippen molar-refractivity contribution >= 4 is 11.4 Å². The van der Waals surface area contributed by atoms with Crippen LogP contribution in [0.3, 0.4) is 0 Å². The number of piperidine rings is 1. The number of hydrogen-bond acceptors (Lipinski definition) is 5. The van der Waals surface area contributed by atoms with Gasteiger partial charge in [0, 0.05) is 75.1 Å². The summed E-state index contributed by atoms with van der Waals surface area (Å²) in [5.74, 6) is 0.943. The number of hydrogen-bond donors (Lipinski definition) is 0. The van der Waals surface area contributed by atoms with Crippen molar-refractivity contribution < 1.29 is 4.74 Å². The number of ether oxygens (including phenoxy) is 1. The van der Waals surface area contributed by atoms with Gasteiger partial charge >= 0.3 is 0 Å². The van der Waals surface area contributed by atoms with Gasteiger partial charge in [-0.3, -0.25) is 9.88 Å². The third-order valence-electron chi connectivity index (χ3n) is 6.26. The standard InChI is InChI=1S/C23H32N4O/c1-19-18-24-10-7-23(19)27-12-4-11-25(15-16-27)20-8-13-26(14-9-20)21-5-3-6-22(17-21)28-2/h3,5-7,10,17-18,20H,4,8-9,11-16H2,1-2H3. The maximum absolute atomic E-state index is 5.39. The van der Waals surface area contributed by atoms with Gasteiger partial charge in [0.05, 0.1) is 7.11 Å². The minimum atomic E-state index is 0.709. The molecule has 2 aliphatic heterocycles. The summed E-state index contributed by atoms with van der Waals surface area (Å²) in [7, 11) is 1.74. The van der Waals surface area contributed by atoms with Gasteiger partial charge in [-0.05, 0) is 49.9 Å². The van der Waals surface area contributed by atoms with E-state index in [0.29, 0.717) is 6.04 Å². The van der Waals surface area contributed by atoms with Crippen LogP contribution in [-0.4, -0.2) is 62.3 Å². The maximum atomic E-state index is 5.39. The number of aromatic nitrogens is 1. The molecule has 0 spiro atoms. The molecular formula is C23H32N4O. The van der Waals surface area contributed by atoms with E-state index >= 15 is 0 Å². The highest BCUT2D eigenvalue weighted by atomic mass is 16.5. The summed E-state index contributed by atoms with van der Waals surface area (Å²) in [6.45, 7) is 9.04. The lowest BCUT2D eigenvalue weighted by molar-refractivity contribution is 0.180. The molecule has 5 nitrogen and oxygen atoms in total. The monoisotopic (exact) mass is 380 g/mol. The molecule has 0 unspecified atom stereocenters. The third-order valence-corrected chi connectivity index (χ3v) is 6.26. The van der Waals surface area contributed by atoms with Crippen molar-refractivity contribution in [1.29, 1.82) is 0 Å². The molecule has 1 aromatic heterocycles. The van der Waals surface area contributed by atoms with Gasteiger partial charge in [0.2, 0.25) is 0 Å².